The van der Waals surface area contributed by atoms with E-state index >= 15 is 0 Å². The van der Waals surface area contributed by atoms with Crippen molar-refractivity contribution in [2.24, 2.45) is 0 Å². The molecule has 2 aromatic carbocycles. The molecule has 0 aliphatic rings. The number of furan rings is 1. The molecule has 1 aromatic heterocycles. The van der Waals surface area contributed by atoms with E-state index in [0.29, 0.717) is 42.6 Å². The maximum atomic E-state index is 13.3. The SMILES string of the molecule is COCCN(CC(=O)N(Cc1ccccc1)Cc1ccco1)C(=O)c1ccc(Cl)cc1. The first-order chi connectivity index (χ1) is 15.1. The molecule has 0 saturated heterocycles. The van der Waals surface area contributed by atoms with Crippen LogP contribution in [0.25, 0.3) is 0 Å². The number of carbonyl (C=O) groups is 2. The molecule has 162 valence electrons. The van der Waals surface area contributed by atoms with Crippen molar-refractivity contribution in [2.75, 3.05) is 26.8 Å². The van der Waals surface area contributed by atoms with Gasteiger partial charge in [0, 0.05) is 30.8 Å². The third-order valence-electron chi connectivity index (χ3n) is 4.77. The highest BCUT2D eigenvalue weighted by atomic mass is 35.5. The summed E-state index contributed by atoms with van der Waals surface area (Å²) in [6, 6.07) is 19.9. The summed E-state index contributed by atoms with van der Waals surface area (Å²) < 4.78 is 10.6. The van der Waals surface area contributed by atoms with Crippen molar-refractivity contribution >= 4 is 23.4 Å². The summed E-state index contributed by atoms with van der Waals surface area (Å²) in [7, 11) is 1.56. The van der Waals surface area contributed by atoms with Crippen LogP contribution in [0.15, 0.2) is 77.4 Å². The second-order valence-corrected chi connectivity index (χ2v) is 7.48. The van der Waals surface area contributed by atoms with E-state index in [2.05, 4.69) is 0 Å². The lowest BCUT2D eigenvalue weighted by Gasteiger charge is -2.27. The van der Waals surface area contributed by atoms with Gasteiger partial charge in [0.1, 0.15) is 12.3 Å². The molecule has 6 nitrogen and oxygen atoms in total. The van der Waals surface area contributed by atoms with Gasteiger partial charge in [0.05, 0.1) is 19.4 Å². The number of amides is 2. The molecule has 0 atom stereocenters. The molecule has 3 rings (SSSR count). The number of methoxy groups -OCH3 is 1. The van der Waals surface area contributed by atoms with Gasteiger partial charge in [-0.3, -0.25) is 9.59 Å². The fraction of sp³-hybridized carbons (Fsp3) is 0.250. The quantitative estimate of drug-likeness (QED) is 0.472. The summed E-state index contributed by atoms with van der Waals surface area (Å²) in [4.78, 5) is 29.5. The lowest BCUT2D eigenvalue weighted by atomic mass is 10.2. The van der Waals surface area contributed by atoms with E-state index in [1.165, 1.54) is 4.90 Å². The molecule has 0 spiro atoms. The van der Waals surface area contributed by atoms with Crippen LogP contribution in [0.2, 0.25) is 5.02 Å². The number of rotatable bonds is 10. The maximum absolute atomic E-state index is 13.3. The predicted octanol–water partition coefficient (Wildman–Crippen LogP) is 4.25. The molecule has 0 radical (unpaired) electrons. The highest BCUT2D eigenvalue weighted by Crippen LogP contribution is 2.14. The van der Waals surface area contributed by atoms with Crippen LogP contribution in [-0.2, 0) is 22.6 Å². The van der Waals surface area contributed by atoms with Crippen LogP contribution in [-0.4, -0.2) is 48.4 Å². The molecule has 31 heavy (non-hydrogen) atoms. The van der Waals surface area contributed by atoms with E-state index < -0.39 is 0 Å². The number of carbonyl (C=O) groups excluding carboxylic acids is 2. The monoisotopic (exact) mass is 440 g/mol. The zero-order valence-corrected chi connectivity index (χ0v) is 18.1. The van der Waals surface area contributed by atoms with Crippen molar-refractivity contribution in [3.8, 4) is 0 Å². The van der Waals surface area contributed by atoms with E-state index in [9.17, 15) is 9.59 Å². The minimum atomic E-state index is -0.250. The fourth-order valence-corrected chi connectivity index (χ4v) is 3.24. The van der Waals surface area contributed by atoms with E-state index in [1.54, 1.807) is 48.6 Å². The summed E-state index contributed by atoms with van der Waals surface area (Å²) in [5.41, 5.74) is 1.46. The molecule has 0 aliphatic carbocycles. The molecular formula is C24H25ClN2O4. The summed E-state index contributed by atoms with van der Waals surface area (Å²) >= 11 is 5.94. The highest BCUT2D eigenvalue weighted by Gasteiger charge is 2.23. The van der Waals surface area contributed by atoms with E-state index in [0.717, 1.165) is 5.56 Å². The van der Waals surface area contributed by atoms with Gasteiger partial charge in [-0.25, -0.2) is 0 Å². The molecule has 7 heteroatoms. The predicted molar refractivity (Wildman–Crippen MR) is 119 cm³/mol. The van der Waals surface area contributed by atoms with Gasteiger partial charge in [-0.1, -0.05) is 41.9 Å². The van der Waals surface area contributed by atoms with Gasteiger partial charge < -0.3 is 19.0 Å². The minimum Gasteiger partial charge on any atom is -0.467 e. The number of hydrogen-bond donors (Lipinski definition) is 0. The zero-order valence-electron chi connectivity index (χ0n) is 17.4. The number of benzene rings is 2. The van der Waals surface area contributed by atoms with Crippen LogP contribution in [0.3, 0.4) is 0 Å². The van der Waals surface area contributed by atoms with Crippen molar-refractivity contribution in [3.63, 3.8) is 0 Å². The van der Waals surface area contributed by atoms with Gasteiger partial charge in [0.2, 0.25) is 5.91 Å². The molecule has 1 heterocycles. The topological polar surface area (TPSA) is 63.0 Å². The van der Waals surface area contributed by atoms with Crippen LogP contribution in [0.4, 0.5) is 0 Å². The Bertz CT molecular complexity index is 959. The summed E-state index contributed by atoms with van der Waals surface area (Å²) in [5.74, 6) is 0.246. The Hall–Kier alpha value is -3.09. The highest BCUT2D eigenvalue weighted by molar-refractivity contribution is 6.30. The number of hydrogen-bond acceptors (Lipinski definition) is 4. The van der Waals surface area contributed by atoms with E-state index in [-0.39, 0.29) is 18.4 Å². The summed E-state index contributed by atoms with van der Waals surface area (Å²) in [6.07, 6.45) is 1.58. The lowest BCUT2D eigenvalue weighted by Crippen LogP contribution is -2.43. The minimum absolute atomic E-state index is 0.0711. The van der Waals surface area contributed by atoms with E-state index in [1.807, 2.05) is 36.4 Å². The Balaban J connectivity index is 1.77. The van der Waals surface area contributed by atoms with Crippen LogP contribution >= 0.6 is 11.6 Å². The fourth-order valence-electron chi connectivity index (χ4n) is 3.12. The van der Waals surface area contributed by atoms with Crippen LogP contribution in [0.5, 0.6) is 0 Å². The van der Waals surface area contributed by atoms with Crippen LogP contribution < -0.4 is 0 Å². The van der Waals surface area contributed by atoms with Gasteiger partial charge >= 0.3 is 0 Å². The van der Waals surface area contributed by atoms with Crippen LogP contribution in [0, 0.1) is 0 Å². The lowest BCUT2D eigenvalue weighted by molar-refractivity contribution is -0.133. The Morgan fingerprint density at radius 1 is 0.935 bits per heavy atom. The molecule has 0 N–H and O–H groups in total. The molecule has 0 unspecified atom stereocenters. The normalized spacial score (nSPS) is 10.6. The molecule has 3 aromatic rings. The molecular weight excluding hydrogens is 416 g/mol. The molecule has 2 amide bonds. The van der Waals surface area contributed by atoms with Crippen molar-refractivity contribution < 1.29 is 18.7 Å². The summed E-state index contributed by atoms with van der Waals surface area (Å²) in [6.45, 7) is 1.27. The average Bonchev–Trinajstić information content (AvgIpc) is 3.30. The Morgan fingerprint density at radius 2 is 1.68 bits per heavy atom. The van der Waals surface area contributed by atoms with Gasteiger partial charge in [-0.2, -0.15) is 0 Å². The largest absolute Gasteiger partial charge is 0.467 e. The molecule has 0 bridgehead atoms. The van der Waals surface area contributed by atoms with Crippen molar-refractivity contribution in [1.29, 1.82) is 0 Å². The van der Waals surface area contributed by atoms with Gasteiger partial charge in [-0.05, 0) is 42.0 Å². The third kappa shape index (κ3) is 6.70. The smallest absolute Gasteiger partial charge is 0.254 e. The third-order valence-corrected chi connectivity index (χ3v) is 5.02. The number of nitrogens with zero attached hydrogens (tertiary/aromatic N) is 2. The molecule has 0 aliphatic heterocycles. The molecule has 0 fully saturated rings. The number of halogens is 1. The van der Waals surface area contributed by atoms with Crippen molar-refractivity contribution in [2.45, 2.75) is 13.1 Å². The van der Waals surface area contributed by atoms with Gasteiger partial charge in [0.15, 0.2) is 0 Å². The van der Waals surface area contributed by atoms with Gasteiger partial charge in [-0.15, -0.1) is 0 Å². The Labute approximate surface area is 187 Å². The maximum Gasteiger partial charge on any atom is 0.254 e. The standard InChI is InChI=1S/C24H25ClN2O4/c1-30-15-13-26(24(29)20-9-11-21(25)12-10-20)18-23(28)27(17-22-8-5-14-31-22)16-19-6-3-2-4-7-19/h2-12,14H,13,15-18H2,1H3. The van der Waals surface area contributed by atoms with Gasteiger partial charge in [0.25, 0.3) is 5.91 Å². The second-order valence-electron chi connectivity index (χ2n) is 7.04. The van der Waals surface area contributed by atoms with Crippen molar-refractivity contribution in [1.82, 2.24) is 9.80 Å². The first-order valence-corrected chi connectivity index (χ1v) is 10.3. The Morgan fingerprint density at radius 3 is 2.32 bits per heavy atom. The second kappa shape index (κ2) is 11.3. The Kier molecular flexibility index (Phi) is 8.27. The van der Waals surface area contributed by atoms with Crippen molar-refractivity contribution in [3.05, 3.63) is 94.9 Å². The van der Waals surface area contributed by atoms with Crippen LogP contribution in [0.1, 0.15) is 21.7 Å². The van der Waals surface area contributed by atoms with E-state index in [4.69, 9.17) is 20.8 Å². The first-order valence-electron chi connectivity index (χ1n) is 9.94. The average molecular weight is 441 g/mol. The first kappa shape index (κ1) is 22.6. The number of ether oxygens (including phenoxy) is 1. The molecule has 0 saturated carbocycles. The summed E-state index contributed by atoms with van der Waals surface area (Å²) in [5, 5.41) is 0.545. The zero-order chi connectivity index (χ0) is 22.1.